The lowest BCUT2D eigenvalue weighted by atomic mass is 9.81. The molecule has 3 rings (SSSR count). The highest BCUT2D eigenvalue weighted by Gasteiger charge is 2.61. The number of carbonyl (C=O) groups is 1. The number of esters is 1. The quantitative estimate of drug-likeness (QED) is 0.732. The van der Waals surface area contributed by atoms with Crippen molar-refractivity contribution in [2.45, 2.75) is 26.4 Å². The average Bonchev–Trinajstić information content (AvgIpc) is 2.88. The number of hydrogen-bond donors (Lipinski definition) is 0. The zero-order valence-corrected chi connectivity index (χ0v) is 14.3. The third-order valence-corrected chi connectivity index (χ3v) is 6.19. The summed E-state index contributed by atoms with van der Waals surface area (Å²) in [4.78, 5) is 22.8. The molecule has 2 fully saturated rings. The highest BCUT2D eigenvalue weighted by Crippen LogP contribution is 2.46. The van der Waals surface area contributed by atoms with E-state index in [9.17, 15) is 13.2 Å². The van der Waals surface area contributed by atoms with Crippen molar-refractivity contribution in [3.8, 4) is 0 Å². The SMILES string of the molecule is CC(C)(C)OC(=O)[C@]12CN(c3ccncn3)C[C@H]1CS(=O)(=O)C2. The molecule has 1 aromatic rings. The van der Waals surface area contributed by atoms with Gasteiger partial charge >= 0.3 is 5.97 Å². The van der Waals surface area contributed by atoms with Gasteiger partial charge in [0.1, 0.15) is 23.2 Å². The van der Waals surface area contributed by atoms with Crippen LogP contribution >= 0.6 is 0 Å². The van der Waals surface area contributed by atoms with E-state index in [0.29, 0.717) is 18.9 Å². The molecule has 1 aromatic heterocycles. The summed E-state index contributed by atoms with van der Waals surface area (Å²) in [6, 6.07) is 1.76. The Kier molecular flexibility index (Phi) is 3.62. The van der Waals surface area contributed by atoms with Crippen LogP contribution in [0.15, 0.2) is 18.6 Å². The number of fused-ring (bicyclic) bond motifs is 1. The van der Waals surface area contributed by atoms with Gasteiger partial charge in [-0.3, -0.25) is 4.79 Å². The van der Waals surface area contributed by atoms with E-state index in [-0.39, 0.29) is 17.4 Å². The number of hydrogen-bond acceptors (Lipinski definition) is 7. The Bertz CT molecular complexity index is 714. The van der Waals surface area contributed by atoms with Crippen LogP contribution in [0.2, 0.25) is 0 Å². The number of sulfone groups is 1. The average molecular weight is 339 g/mol. The van der Waals surface area contributed by atoms with Crippen molar-refractivity contribution in [3.63, 3.8) is 0 Å². The Hall–Kier alpha value is -1.70. The van der Waals surface area contributed by atoms with E-state index in [1.807, 2.05) is 4.90 Å². The van der Waals surface area contributed by atoms with Crippen molar-refractivity contribution in [2.24, 2.45) is 11.3 Å². The zero-order chi connectivity index (χ0) is 16.9. The molecule has 0 saturated carbocycles. The molecule has 2 atom stereocenters. The van der Waals surface area contributed by atoms with Gasteiger partial charge in [0.15, 0.2) is 9.84 Å². The Morgan fingerprint density at radius 3 is 2.78 bits per heavy atom. The second-order valence-corrected chi connectivity index (χ2v) is 9.47. The summed E-state index contributed by atoms with van der Waals surface area (Å²) in [5.74, 6) is -0.116. The third kappa shape index (κ3) is 3.04. The summed E-state index contributed by atoms with van der Waals surface area (Å²) in [5, 5.41) is 0. The van der Waals surface area contributed by atoms with Crippen molar-refractivity contribution in [3.05, 3.63) is 18.6 Å². The van der Waals surface area contributed by atoms with Crippen molar-refractivity contribution in [1.29, 1.82) is 0 Å². The number of nitrogens with zero attached hydrogens (tertiary/aromatic N) is 3. The molecule has 2 saturated heterocycles. The first-order valence-electron chi connectivity index (χ1n) is 7.56. The number of ether oxygens (including phenoxy) is 1. The molecule has 0 bridgehead atoms. The molecule has 0 unspecified atom stereocenters. The van der Waals surface area contributed by atoms with Crippen LogP contribution in [0.1, 0.15) is 20.8 Å². The highest BCUT2D eigenvalue weighted by atomic mass is 32.2. The van der Waals surface area contributed by atoms with Crippen LogP contribution in [0.5, 0.6) is 0 Å². The normalized spacial score (nSPS) is 29.3. The van der Waals surface area contributed by atoms with Crippen LogP contribution in [-0.4, -0.2) is 54.6 Å². The first-order valence-corrected chi connectivity index (χ1v) is 9.38. The van der Waals surface area contributed by atoms with Gasteiger partial charge in [-0.05, 0) is 26.8 Å². The zero-order valence-electron chi connectivity index (χ0n) is 13.5. The van der Waals surface area contributed by atoms with E-state index in [1.54, 1.807) is 33.0 Å². The van der Waals surface area contributed by atoms with Gasteiger partial charge in [-0.2, -0.15) is 0 Å². The van der Waals surface area contributed by atoms with Crippen LogP contribution < -0.4 is 4.90 Å². The summed E-state index contributed by atoms with van der Waals surface area (Å²) in [6.45, 7) is 6.16. The molecule has 126 valence electrons. The van der Waals surface area contributed by atoms with Gasteiger partial charge in [-0.15, -0.1) is 0 Å². The van der Waals surface area contributed by atoms with Gasteiger partial charge in [0.25, 0.3) is 0 Å². The Morgan fingerprint density at radius 1 is 1.43 bits per heavy atom. The van der Waals surface area contributed by atoms with Crippen molar-refractivity contribution >= 4 is 21.6 Å². The van der Waals surface area contributed by atoms with Gasteiger partial charge < -0.3 is 9.64 Å². The van der Waals surface area contributed by atoms with Crippen LogP contribution in [0, 0.1) is 11.3 Å². The summed E-state index contributed by atoms with van der Waals surface area (Å²) in [7, 11) is -3.23. The van der Waals surface area contributed by atoms with Crippen molar-refractivity contribution < 1.29 is 17.9 Å². The Labute approximate surface area is 136 Å². The maximum atomic E-state index is 12.8. The van der Waals surface area contributed by atoms with Crippen LogP contribution in [-0.2, 0) is 19.4 Å². The van der Waals surface area contributed by atoms with Crippen LogP contribution in [0.3, 0.4) is 0 Å². The number of carbonyl (C=O) groups excluding carboxylic acids is 1. The standard InChI is InChI=1S/C15H21N3O4S/c1-14(2,3)22-13(19)15-8-18(12-4-5-16-10-17-12)6-11(15)7-23(20,21)9-15/h4-5,10-11H,6-9H2,1-3H3/t11-,15-/m0/s1. The molecule has 0 spiro atoms. The monoisotopic (exact) mass is 339 g/mol. The van der Waals surface area contributed by atoms with E-state index in [1.165, 1.54) is 6.33 Å². The molecule has 3 heterocycles. The van der Waals surface area contributed by atoms with Crippen molar-refractivity contribution in [1.82, 2.24) is 9.97 Å². The molecule has 7 nitrogen and oxygen atoms in total. The summed E-state index contributed by atoms with van der Waals surface area (Å²) < 4.78 is 29.8. The molecule has 0 amide bonds. The van der Waals surface area contributed by atoms with Crippen LogP contribution in [0.25, 0.3) is 0 Å². The first-order chi connectivity index (χ1) is 10.6. The van der Waals surface area contributed by atoms with Gasteiger partial charge in [0, 0.05) is 25.2 Å². The molecule has 0 N–H and O–H groups in total. The van der Waals surface area contributed by atoms with Gasteiger partial charge in [-0.25, -0.2) is 18.4 Å². The lowest BCUT2D eigenvalue weighted by Crippen LogP contribution is -2.44. The topological polar surface area (TPSA) is 89.5 Å². The minimum Gasteiger partial charge on any atom is -0.459 e. The van der Waals surface area contributed by atoms with Crippen molar-refractivity contribution in [2.75, 3.05) is 29.5 Å². The second kappa shape index (κ2) is 5.15. The predicted molar refractivity (Wildman–Crippen MR) is 84.7 cm³/mol. The van der Waals surface area contributed by atoms with Crippen LogP contribution in [0.4, 0.5) is 5.82 Å². The highest BCUT2D eigenvalue weighted by molar-refractivity contribution is 7.91. The molecular weight excluding hydrogens is 318 g/mol. The summed E-state index contributed by atoms with van der Waals surface area (Å²) in [6.07, 6.45) is 3.08. The Balaban J connectivity index is 1.92. The third-order valence-electron chi connectivity index (χ3n) is 4.32. The maximum absolute atomic E-state index is 12.8. The number of aromatic nitrogens is 2. The smallest absolute Gasteiger partial charge is 0.315 e. The predicted octanol–water partition coefficient (Wildman–Crippen LogP) is 0.669. The fourth-order valence-electron chi connectivity index (χ4n) is 3.42. The van der Waals surface area contributed by atoms with Gasteiger partial charge in [0.05, 0.1) is 11.5 Å². The molecule has 0 aliphatic carbocycles. The van der Waals surface area contributed by atoms with E-state index < -0.39 is 26.8 Å². The molecular formula is C15H21N3O4S. The molecule has 23 heavy (non-hydrogen) atoms. The lowest BCUT2D eigenvalue weighted by molar-refractivity contribution is -0.166. The first kappa shape index (κ1) is 16.2. The molecule has 8 heteroatoms. The number of anilines is 1. The minimum absolute atomic E-state index is 0.0217. The fraction of sp³-hybridized carbons (Fsp3) is 0.667. The van der Waals surface area contributed by atoms with E-state index >= 15 is 0 Å². The lowest BCUT2D eigenvalue weighted by Gasteiger charge is -2.30. The molecule has 2 aliphatic rings. The molecule has 0 radical (unpaired) electrons. The largest absolute Gasteiger partial charge is 0.459 e. The summed E-state index contributed by atoms with van der Waals surface area (Å²) >= 11 is 0. The summed E-state index contributed by atoms with van der Waals surface area (Å²) in [5.41, 5.74) is -1.65. The molecule has 0 aromatic carbocycles. The van der Waals surface area contributed by atoms with Gasteiger partial charge in [0.2, 0.25) is 0 Å². The minimum atomic E-state index is -3.23. The van der Waals surface area contributed by atoms with E-state index in [4.69, 9.17) is 4.74 Å². The van der Waals surface area contributed by atoms with Gasteiger partial charge in [-0.1, -0.05) is 0 Å². The molecule has 2 aliphatic heterocycles. The van der Waals surface area contributed by atoms with E-state index in [0.717, 1.165) is 0 Å². The second-order valence-electron chi connectivity index (χ2n) is 7.36. The fourth-order valence-corrected chi connectivity index (χ4v) is 5.81. The number of rotatable bonds is 2. The maximum Gasteiger partial charge on any atom is 0.315 e. The van der Waals surface area contributed by atoms with E-state index in [2.05, 4.69) is 9.97 Å². The Morgan fingerprint density at radius 2 is 2.17 bits per heavy atom.